The van der Waals surface area contributed by atoms with Crippen LogP contribution in [0.1, 0.15) is 33.1 Å². The van der Waals surface area contributed by atoms with Crippen LogP contribution in [-0.4, -0.2) is 32.3 Å². The van der Waals surface area contributed by atoms with E-state index in [0.717, 1.165) is 19.6 Å². The number of nitrogens with two attached hydrogens (primary N) is 1. The summed E-state index contributed by atoms with van der Waals surface area (Å²) in [5.74, 6) is 1.24. The average Bonchev–Trinajstić information content (AvgIpc) is 2.15. The monoisotopic (exact) mass is 214 g/mol. The topological polar surface area (TPSA) is 47.3 Å². The third-order valence-electron chi connectivity index (χ3n) is 3.80. The highest BCUT2D eigenvalue weighted by atomic mass is 16.5. The Morgan fingerprint density at radius 2 is 2.07 bits per heavy atom. The summed E-state index contributed by atoms with van der Waals surface area (Å²) in [5.41, 5.74) is 5.87. The molecular formula is C12H26N2O. The van der Waals surface area contributed by atoms with Crippen LogP contribution in [0.5, 0.6) is 0 Å². The van der Waals surface area contributed by atoms with E-state index in [9.17, 15) is 0 Å². The van der Waals surface area contributed by atoms with Gasteiger partial charge in [0.25, 0.3) is 0 Å². The first-order chi connectivity index (χ1) is 7.13. The Labute approximate surface area is 93.8 Å². The van der Waals surface area contributed by atoms with Crippen LogP contribution in [0.2, 0.25) is 0 Å². The molecule has 1 rings (SSSR count). The maximum Gasteiger partial charge on any atom is 0.0802 e. The maximum atomic E-state index is 5.73. The summed E-state index contributed by atoms with van der Waals surface area (Å²) in [4.78, 5) is 0. The van der Waals surface area contributed by atoms with Crippen LogP contribution >= 0.6 is 0 Å². The standard InChI is InChI=1S/C12H26N2O/c1-10(2)11(7-13)8-14-9-12(15-3)5-4-6-12/h10-11,14H,4-9,13H2,1-3H3. The predicted octanol–water partition coefficient (Wildman–Crippen LogP) is 1.38. The second kappa shape index (κ2) is 5.83. The Balaban J connectivity index is 2.19. The number of methoxy groups -OCH3 is 1. The van der Waals surface area contributed by atoms with E-state index in [-0.39, 0.29) is 5.60 Å². The molecule has 1 aliphatic rings. The molecule has 1 unspecified atom stereocenters. The van der Waals surface area contributed by atoms with Crippen molar-refractivity contribution in [1.29, 1.82) is 0 Å². The van der Waals surface area contributed by atoms with Gasteiger partial charge in [-0.05, 0) is 44.2 Å². The summed E-state index contributed by atoms with van der Waals surface area (Å²) in [6, 6.07) is 0. The molecule has 0 aromatic carbocycles. The van der Waals surface area contributed by atoms with E-state index in [0.29, 0.717) is 11.8 Å². The zero-order chi connectivity index (χ0) is 11.3. The van der Waals surface area contributed by atoms with Gasteiger partial charge in [0, 0.05) is 13.7 Å². The lowest BCUT2D eigenvalue weighted by Gasteiger charge is -2.41. The van der Waals surface area contributed by atoms with Crippen molar-refractivity contribution in [2.45, 2.75) is 38.7 Å². The maximum absolute atomic E-state index is 5.73. The Morgan fingerprint density at radius 3 is 2.40 bits per heavy atom. The fraction of sp³-hybridized carbons (Fsp3) is 1.00. The van der Waals surface area contributed by atoms with Crippen molar-refractivity contribution in [3.63, 3.8) is 0 Å². The molecule has 3 nitrogen and oxygen atoms in total. The van der Waals surface area contributed by atoms with Gasteiger partial charge in [0.05, 0.1) is 5.60 Å². The number of rotatable bonds is 7. The van der Waals surface area contributed by atoms with Crippen molar-refractivity contribution in [3.05, 3.63) is 0 Å². The second-order valence-corrected chi connectivity index (χ2v) is 5.11. The van der Waals surface area contributed by atoms with Gasteiger partial charge in [-0.1, -0.05) is 13.8 Å². The number of nitrogens with one attached hydrogen (secondary N) is 1. The van der Waals surface area contributed by atoms with Crippen LogP contribution in [0, 0.1) is 11.8 Å². The molecule has 0 spiro atoms. The van der Waals surface area contributed by atoms with Gasteiger partial charge in [0.2, 0.25) is 0 Å². The number of ether oxygens (including phenoxy) is 1. The van der Waals surface area contributed by atoms with Crippen LogP contribution < -0.4 is 11.1 Å². The lowest BCUT2D eigenvalue weighted by molar-refractivity contribution is -0.0698. The summed E-state index contributed by atoms with van der Waals surface area (Å²) in [6.45, 7) is 7.22. The normalized spacial score (nSPS) is 21.4. The minimum Gasteiger partial charge on any atom is -0.377 e. The highest BCUT2D eigenvalue weighted by Gasteiger charge is 2.36. The summed E-state index contributed by atoms with van der Waals surface area (Å²) in [5, 5.41) is 3.51. The quantitative estimate of drug-likeness (QED) is 0.673. The molecule has 90 valence electrons. The van der Waals surface area contributed by atoms with E-state index in [1.807, 2.05) is 7.11 Å². The molecule has 0 saturated heterocycles. The zero-order valence-electron chi connectivity index (χ0n) is 10.4. The Hall–Kier alpha value is -0.120. The smallest absolute Gasteiger partial charge is 0.0802 e. The molecule has 3 N–H and O–H groups in total. The lowest BCUT2D eigenvalue weighted by atomic mass is 9.80. The Morgan fingerprint density at radius 1 is 1.40 bits per heavy atom. The van der Waals surface area contributed by atoms with Gasteiger partial charge in [0.1, 0.15) is 0 Å². The molecule has 1 saturated carbocycles. The van der Waals surface area contributed by atoms with Crippen LogP contribution in [0.25, 0.3) is 0 Å². The van der Waals surface area contributed by atoms with Crippen molar-refractivity contribution in [2.75, 3.05) is 26.7 Å². The van der Waals surface area contributed by atoms with Crippen molar-refractivity contribution in [3.8, 4) is 0 Å². The van der Waals surface area contributed by atoms with Gasteiger partial charge in [-0.2, -0.15) is 0 Å². The highest BCUT2D eigenvalue weighted by molar-refractivity contribution is 4.91. The third kappa shape index (κ3) is 3.44. The van der Waals surface area contributed by atoms with Crippen molar-refractivity contribution < 1.29 is 4.74 Å². The van der Waals surface area contributed by atoms with Gasteiger partial charge >= 0.3 is 0 Å². The fourth-order valence-electron chi connectivity index (χ4n) is 2.10. The van der Waals surface area contributed by atoms with E-state index in [2.05, 4.69) is 19.2 Å². The van der Waals surface area contributed by atoms with Crippen LogP contribution in [0.15, 0.2) is 0 Å². The SMILES string of the molecule is COC1(CNCC(CN)C(C)C)CCC1. The van der Waals surface area contributed by atoms with E-state index < -0.39 is 0 Å². The van der Waals surface area contributed by atoms with Gasteiger partial charge in [0.15, 0.2) is 0 Å². The summed E-state index contributed by atoms with van der Waals surface area (Å²) >= 11 is 0. The molecule has 0 heterocycles. The first kappa shape index (κ1) is 12.9. The van der Waals surface area contributed by atoms with Gasteiger partial charge < -0.3 is 15.8 Å². The molecule has 0 aromatic heterocycles. The molecule has 0 aliphatic heterocycles. The third-order valence-corrected chi connectivity index (χ3v) is 3.80. The molecule has 0 amide bonds. The van der Waals surface area contributed by atoms with E-state index >= 15 is 0 Å². The minimum atomic E-state index is 0.135. The minimum absolute atomic E-state index is 0.135. The van der Waals surface area contributed by atoms with Crippen LogP contribution in [0.3, 0.4) is 0 Å². The molecule has 0 bridgehead atoms. The summed E-state index contributed by atoms with van der Waals surface area (Å²) in [6.07, 6.45) is 3.71. The largest absolute Gasteiger partial charge is 0.377 e. The second-order valence-electron chi connectivity index (χ2n) is 5.11. The van der Waals surface area contributed by atoms with Crippen molar-refractivity contribution in [2.24, 2.45) is 17.6 Å². The Bertz CT molecular complexity index is 173. The molecule has 0 radical (unpaired) electrons. The first-order valence-corrected chi connectivity index (χ1v) is 6.09. The van der Waals surface area contributed by atoms with Crippen LogP contribution in [-0.2, 0) is 4.74 Å². The molecule has 1 aliphatic carbocycles. The predicted molar refractivity (Wildman–Crippen MR) is 63.8 cm³/mol. The van der Waals surface area contributed by atoms with Crippen molar-refractivity contribution >= 4 is 0 Å². The zero-order valence-corrected chi connectivity index (χ0v) is 10.4. The Kier molecular flexibility index (Phi) is 5.03. The van der Waals surface area contributed by atoms with Gasteiger partial charge in [-0.3, -0.25) is 0 Å². The van der Waals surface area contributed by atoms with E-state index in [1.54, 1.807) is 0 Å². The molecule has 1 fully saturated rings. The number of hydrogen-bond donors (Lipinski definition) is 2. The highest BCUT2D eigenvalue weighted by Crippen LogP contribution is 2.34. The van der Waals surface area contributed by atoms with E-state index in [1.165, 1.54) is 19.3 Å². The van der Waals surface area contributed by atoms with E-state index in [4.69, 9.17) is 10.5 Å². The molecule has 15 heavy (non-hydrogen) atoms. The number of hydrogen-bond acceptors (Lipinski definition) is 3. The molecular weight excluding hydrogens is 188 g/mol. The first-order valence-electron chi connectivity index (χ1n) is 6.09. The average molecular weight is 214 g/mol. The van der Waals surface area contributed by atoms with Gasteiger partial charge in [-0.15, -0.1) is 0 Å². The molecule has 0 aromatic rings. The summed E-state index contributed by atoms with van der Waals surface area (Å²) in [7, 11) is 1.82. The molecule has 1 atom stereocenters. The lowest BCUT2D eigenvalue weighted by Crippen LogP contribution is -2.49. The summed E-state index contributed by atoms with van der Waals surface area (Å²) < 4.78 is 5.56. The van der Waals surface area contributed by atoms with Crippen molar-refractivity contribution in [1.82, 2.24) is 5.32 Å². The van der Waals surface area contributed by atoms with Crippen LogP contribution in [0.4, 0.5) is 0 Å². The fourth-order valence-corrected chi connectivity index (χ4v) is 2.10. The molecule has 3 heteroatoms. The van der Waals surface area contributed by atoms with Gasteiger partial charge in [-0.25, -0.2) is 0 Å².